The molecule has 0 heterocycles. The minimum absolute atomic E-state index is 0.0199. The van der Waals surface area contributed by atoms with Crippen LogP contribution in [0.3, 0.4) is 0 Å². The minimum atomic E-state index is -0.0199. The molecular weight excluding hydrogens is 190 g/mol. The Balaban J connectivity index is 3.58. The second kappa shape index (κ2) is 3.93. The van der Waals surface area contributed by atoms with E-state index in [1.807, 2.05) is 13.8 Å². The van der Waals surface area contributed by atoms with E-state index in [-0.39, 0.29) is 17.5 Å². The fourth-order valence-electron chi connectivity index (χ4n) is 1.76. The average Bonchev–Trinajstić information content (AvgIpc) is 2.12. The third-order valence-electron chi connectivity index (χ3n) is 2.53. The largest absolute Gasteiger partial charge is 0.506 e. The van der Waals surface area contributed by atoms with Crippen molar-refractivity contribution in [3.63, 3.8) is 0 Å². The molecule has 0 radical (unpaired) electrons. The Bertz CT molecular complexity index is 409. The van der Waals surface area contributed by atoms with Crippen molar-refractivity contribution in [2.45, 2.75) is 33.6 Å². The molecule has 1 aromatic rings. The van der Waals surface area contributed by atoms with Gasteiger partial charge in [0.2, 0.25) is 0 Å². The Kier molecular flexibility index (Phi) is 3.03. The number of ketones is 1. The third-order valence-corrected chi connectivity index (χ3v) is 2.53. The number of carbonyl (C=O) groups excluding carboxylic acids is 1. The summed E-state index contributed by atoms with van der Waals surface area (Å²) in [7, 11) is 0. The maximum absolute atomic E-state index is 11.4. The number of nitrogen functional groups attached to an aromatic ring is 1. The molecule has 0 saturated carbocycles. The van der Waals surface area contributed by atoms with Crippen molar-refractivity contribution >= 4 is 11.5 Å². The SMILES string of the molecule is CC(=O)c1cc(C)c(O)c(N)c1C(C)C. The van der Waals surface area contributed by atoms with Crippen molar-refractivity contribution in [1.29, 1.82) is 0 Å². The van der Waals surface area contributed by atoms with Gasteiger partial charge in [-0.3, -0.25) is 4.79 Å². The average molecular weight is 207 g/mol. The van der Waals surface area contributed by atoms with Crippen LogP contribution in [0.25, 0.3) is 0 Å². The standard InChI is InChI=1S/C12H17NO2/c1-6(2)10-9(8(4)14)5-7(3)12(15)11(10)13/h5-6,15H,13H2,1-4H3. The summed E-state index contributed by atoms with van der Waals surface area (Å²) in [6, 6.07) is 1.70. The van der Waals surface area contributed by atoms with Gasteiger partial charge in [0.15, 0.2) is 5.78 Å². The number of hydrogen-bond donors (Lipinski definition) is 2. The lowest BCUT2D eigenvalue weighted by Crippen LogP contribution is -2.07. The Hall–Kier alpha value is -1.51. The first-order chi connectivity index (χ1) is 6.86. The Morgan fingerprint density at radius 1 is 1.47 bits per heavy atom. The molecule has 0 saturated heterocycles. The van der Waals surface area contributed by atoms with Gasteiger partial charge in [0.1, 0.15) is 5.75 Å². The molecule has 0 aliphatic heterocycles. The molecule has 0 aliphatic carbocycles. The van der Waals surface area contributed by atoms with Crippen LogP contribution >= 0.6 is 0 Å². The smallest absolute Gasteiger partial charge is 0.160 e. The zero-order valence-electron chi connectivity index (χ0n) is 9.59. The quantitative estimate of drug-likeness (QED) is 0.445. The highest BCUT2D eigenvalue weighted by molar-refractivity contribution is 5.98. The lowest BCUT2D eigenvalue weighted by Gasteiger charge is -2.16. The van der Waals surface area contributed by atoms with E-state index in [0.29, 0.717) is 16.8 Å². The highest BCUT2D eigenvalue weighted by Crippen LogP contribution is 2.35. The van der Waals surface area contributed by atoms with Crippen LogP contribution in [0.1, 0.15) is 48.2 Å². The van der Waals surface area contributed by atoms with Crippen molar-refractivity contribution in [2.75, 3.05) is 5.73 Å². The van der Waals surface area contributed by atoms with Gasteiger partial charge in [0.25, 0.3) is 0 Å². The van der Waals surface area contributed by atoms with Crippen LogP contribution in [0, 0.1) is 6.92 Å². The van der Waals surface area contributed by atoms with Crippen molar-refractivity contribution in [2.24, 2.45) is 0 Å². The molecule has 0 amide bonds. The fraction of sp³-hybridized carbons (Fsp3) is 0.417. The van der Waals surface area contributed by atoms with E-state index in [9.17, 15) is 9.90 Å². The normalized spacial score (nSPS) is 10.7. The number of phenols is 1. The number of aryl methyl sites for hydroxylation is 1. The fourth-order valence-corrected chi connectivity index (χ4v) is 1.76. The number of carbonyl (C=O) groups is 1. The number of Topliss-reactive ketones (excluding diaryl/α,β-unsaturated/α-hetero) is 1. The number of nitrogens with two attached hydrogens (primary N) is 1. The van der Waals surface area contributed by atoms with E-state index in [0.717, 1.165) is 5.56 Å². The second-order valence-electron chi connectivity index (χ2n) is 4.13. The van der Waals surface area contributed by atoms with E-state index in [1.54, 1.807) is 13.0 Å². The highest BCUT2D eigenvalue weighted by atomic mass is 16.3. The van der Waals surface area contributed by atoms with Gasteiger partial charge in [-0.05, 0) is 37.0 Å². The van der Waals surface area contributed by atoms with Crippen LogP contribution in [0.5, 0.6) is 5.75 Å². The number of phenolic OH excluding ortho intramolecular Hbond substituents is 1. The zero-order valence-corrected chi connectivity index (χ0v) is 9.59. The van der Waals surface area contributed by atoms with Gasteiger partial charge in [0, 0.05) is 5.56 Å². The van der Waals surface area contributed by atoms with Gasteiger partial charge < -0.3 is 10.8 Å². The van der Waals surface area contributed by atoms with Crippen molar-refractivity contribution < 1.29 is 9.90 Å². The predicted molar refractivity (Wildman–Crippen MR) is 61.3 cm³/mol. The molecule has 15 heavy (non-hydrogen) atoms. The molecule has 3 N–H and O–H groups in total. The van der Waals surface area contributed by atoms with E-state index in [4.69, 9.17) is 5.73 Å². The number of hydrogen-bond acceptors (Lipinski definition) is 3. The van der Waals surface area contributed by atoms with Crippen LogP contribution in [-0.4, -0.2) is 10.9 Å². The molecule has 0 spiro atoms. The molecule has 3 nitrogen and oxygen atoms in total. The van der Waals surface area contributed by atoms with Gasteiger partial charge in [-0.2, -0.15) is 0 Å². The maximum atomic E-state index is 11.4. The number of aromatic hydroxyl groups is 1. The first-order valence-corrected chi connectivity index (χ1v) is 4.99. The summed E-state index contributed by atoms with van der Waals surface area (Å²) < 4.78 is 0. The van der Waals surface area contributed by atoms with E-state index in [1.165, 1.54) is 6.92 Å². The maximum Gasteiger partial charge on any atom is 0.160 e. The van der Waals surface area contributed by atoms with Crippen molar-refractivity contribution in [1.82, 2.24) is 0 Å². The van der Waals surface area contributed by atoms with Gasteiger partial charge >= 0.3 is 0 Å². The Labute approximate surface area is 89.9 Å². The van der Waals surface area contributed by atoms with Crippen LogP contribution in [0.4, 0.5) is 5.69 Å². The molecule has 1 aromatic carbocycles. The highest BCUT2D eigenvalue weighted by Gasteiger charge is 2.18. The number of benzene rings is 1. The Morgan fingerprint density at radius 2 is 2.00 bits per heavy atom. The minimum Gasteiger partial charge on any atom is -0.506 e. The summed E-state index contributed by atoms with van der Waals surface area (Å²) in [4.78, 5) is 11.4. The van der Waals surface area contributed by atoms with Crippen molar-refractivity contribution in [3.05, 3.63) is 22.8 Å². The van der Waals surface area contributed by atoms with Crippen LogP contribution in [0.15, 0.2) is 6.07 Å². The van der Waals surface area contributed by atoms with Gasteiger partial charge in [-0.15, -0.1) is 0 Å². The van der Waals surface area contributed by atoms with Crippen LogP contribution < -0.4 is 5.73 Å². The van der Waals surface area contributed by atoms with Crippen molar-refractivity contribution in [3.8, 4) is 5.75 Å². The number of anilines is 1. The monoisotopic (exact) mass is 207 g/mol. The van der Waals surface area contributed by atoms with E-state index in [2.05, 4.69) is 0 Å². The summed E-state index contributed by atoms with van der Waals surface area (Å²) in [5, 5.41) is 9.71. The molecule has 0 aliphatic rings. The molecule has 82 valence electrons. The Morgan fingerprint density at radius 3 is 2.40 bits per heavy atom. The lowest BCUT2D eigenvalue weighted by atomic mass is 9.91. The van der Waals surface area contributed by atoms with Crippen LogP contribution in [-0.2, 0) is 0 Å². The summed E-state index contributed by atoms with van der Waals surface area (Å²) in [5.41, 5.74) is 8.14. The summed E-state index contributed by atoms with van der Waals surface area (Å²) in [5.74, 6) is 0.188. The molecular formula is C12H17NO2. The zero-order chi connectivity index (χ0) is 11.7. The molecule has 0 aromatic heterocycles. The van der Waals surface area contributed by atoms with Gasteiger partial charge in [0.05, 0.1) is 5.69 Å². The molecule has 0 bridgehead atoms. The molecule has 3 heteroatoms. The van der Waals surface area contributed by atoms with E-state index < -0.39 is 0 Å². The molecule has 0 atom stereocenters. The summed E-state index contributed by atoms with van der Waals surface area (Å²) in [6.45, 7) is 7.15. The first kappa shape index (κ1) is 11.6. The van der Waals surface area contributed by atoms with Crippen LogP contribution in [0.2, 0.25) is 0 Å². The third kappa shape index (κ3) is 1.96. The lowest BCUT2D eigenvalue weighted by molar-refractivity contribution is 0.101. The summed E-state index contributed by atoms with van der Waals surface area (Å²) in [6.07, 6.45) is 0. The van der Waals surface area contributed by atoms with Gasteiger partial charge in [-0.1, -0.05) is 13.8 Å². The second-order valence-corrected chi connectivity index (χ2v) is 4.13. The number of rotatable bonds is 2. The van der Waals surface area contributed by atoms with Gasteiger partial charge in [-0.25, -0.2) is 0 Å². The first-order valence-electron chi connectivity index (χ1n) is 4.99. The molecule has 1 rings (SSSR count). The molecule has 0 fully saturated rings. The van der Waals surface area contributed by atoms with E-state index >= 15 is 0 Å². The molecule has 0 unspecified atom stereocenters. The predicted octanol–water partition coefficient (Wildman–Crippen LogP) is 2.61. The topological polar surface area (TPSA) is 63.3 Å². The summed E-state index contributed by atoms with van der Waals surface area (Å²) >= 11 is 0.